The number of alkyl halides is 3. The maximum Gasteiger partial charge on any atom is 0.416 e. The van der Waals surface area contributed by atoms with Crippen molar-refractivity contribution in [3.8, 4) is 0 Å². The van der Waals surface area contributed by atoms with E-state index in [0.717, 1.165) is 23.9 Å². The summed E-state index contributed by atoms with van der Waals surface area (Å²) in [5.41, 5.74) is 0.462. The number of nitrogens with zero attached hydrogens (tertiary/aromatic N) is 3. The Hall–Kier alpha value is -2.60. The van der Waals surface area contributed by atoms with Crippen molar-refractivity contribution in [3.63, 3.8) is 0 Å². The molecule has 2 aromatic rings. The highest BCUT2D eigenvalue weighted by molar-refractivity contribution is 8.02. The molecule has 2 spiro atoms. The lowest BCUT2D eigenvalue weighted by molar-refractivity contribution is -0.185. The molecule has 7 nitrogen and oxygen atoms in total. The van der Waals surface area contributed by atoms with Crippen molar-refractivity contribution in [3.05, 3.63) is 59.7 Å². The SMILES string of the molecule is O=C1CS[C@@]2(C(=O)N(CN3CCC4(CC3)OCCO4)c3ccccc32)N1c1cccc(C(F)(F)F)c1. The van der Waals surface area contributed by atoms with Gasteiger partial charge in [0, 0.05) is 37.2 Å². The van der Waals surface area contributed by atoms with E-state index in [1.54, 1.807) is 17.0 Å². The number of anilines is 2. The second-order valence-corrected chi connectivity index (χ2v) is 10.5. The van der Waals surface area contributed by atoms with Gasteiger partial charge in [-0.25, -0.2) is 0 Å². The number of hydrogen-bond acceptors (Lipinski definition) is 6. The van der Waals surface area contributed by atoms with Crippen molar-refractivity contribution in [2.45, 2.75) is 29.7 Å². The maximum atomic E-state index is 14.1. The van der Waals surface area contributed by atoms with Crippen LogP contribution >= 0.6 is 11.8 Å². The van der Waals surface area contributed by atoms with E-state index in [9.17, 15) is 22.8 Å². The highest BCUT2D eigenvalue weighted by Crippen LogP contribution is 2.56. The fraction of sp³-hybridized carbons (Fsp3) is 0.440. The number of hydrogen-bond donors (Lipinski definition) is 0. The second-order valence-electron chi connectivity index (χ2n) is 9.33. The predicted octanol–water partition coefficient (Wildman–Crippen LogP) is 3.78. The zero-order valence-electron chi connectivity index (χ0n) is 19.3. The molecular formula is C25H24F3N3O4S. The molecule has 3 saturated heterocycles. The number of piperidine rings is 1. The van der Waals surface area contributed by atoms with Crippen LogP contribution in [0.4, 0.5) is 24.5 Å². The summed E-state index contributed by atoms with van der Waals surface area (Å²) in [6.07, 6.45) is -3.20. The molecule has 3 fully saturated rings. The molecule has 0 bridgehead atoms. The van der Waals surface area contributed by atoms with Gasteiger partial charge in [0.05, 0.1) is 36.9 Å². The molecule has 0 aliphatic carbocycles. The van der Waals surface area contributed by atoms with Crippen LogP contribution in [0.15, 0.2) is 48.5 Å². The first kappa shape index (κ1) is 23.8. The highest BCUT2D eigenvalue weighted by atomic mass is 32.2. The Morgan fingerprint density at radius 2 is 1.69 bits per heavy atom. The summed E-state index contributed by atoms with van der Waals surface area (Å²) in [6.45, 7) is 2.80. The van der Waals surface area contributed by atoms with E-state index in [0.29, 0.717) is 57.1 Å². The molecule has 2 amide bonds. The predicted molar refractivity (Wildman–Crippen MR) is 127 cm³/mol. The zero-order chi connectivity index (χ0) is 25.1. The Labute approximate surface area is 210 Å². The Kier molecular flexibility index (Phi) is 5.60. The number of carbonyl (C=O) groups excluding carboxylic acids is 2. The molecule has 4 heterocycles. The lowest BCUT2D eigenvalue weighted by atomic mass is 10.0. The number of likely N-dealkylation sites (tertiary alicyclic amines) is 1. The van der Waals surface area contributed by atoms with Gasteiger partial charge in [-0.3, -0.25) is 24.3 Å². The number of ether oxygens (including phenoxy) is 2. The van der Waals surface area contributed by atoms with Gasteiger partial charge in [0.25, 0.3) is 5.91 Å². The Morgan fingerprint density at radius 3 is 2.42 bits per heavy atom. The second kappa shape index (κ2) is 8.47. The summed E-state index contributed by atoms with van der Waals surface area (Å²) in [5, 5.41) is 0. The average molecular weight is 520 g/mol. The third-order valence-corrected chi connectivity index (χ3v) is 8.65. The number of carbonyl (C=O) groups is 2. The molecule has 11 heteroatoms. The van der Waals surface area contributed by atoms with E-state index in [2.05, 4.69) is 4.90 Å². The molecule has 0 saturated carbocycles. The maximum absolute atomic E-state index is 14.1. The van der Waals surface area contributed by atoms with Gasteiger partial charge in [0.2, 0.25) is 10.8 Å². The minimum absolute atomic E-state index is 0.00886. The normalized spacial score (nSPS) is 26.0. The molecule has 190 valence electrons. The van der Waals surface area contributed by atoms with E-state index in [4.69, 9.17) is 9.47 Å². The van der Waals surface area contributed by atoms with Crippen molar-refractivity contribution in [1.29, 1.82) is 0 Å². The van der Waals surface area contributed by atoms with E-state index in [1.165, 1.54) is 17.0 Å². The minimum atomic E-state index is -4.57. The van der Waals surface area contributed by atoms with Gasteiger partial charge in [-0.15, -0.1) is 11.8 Å². The summed E-state index contributed by atoms with van der Waals surface area (Å²) >= 11 is 1.15. The van der Waals surface area contributed by atoms with Crippen molar-refractivity contribution < 1.29 is 32.2 Å². The van der Waals surface area contributed by atoms with Crippen LogP contribution < -0.4 is 9.80 Å². The summed E-state index contributed by atoms with van der Waals surface area (Å²) in [6, 6.07) is 11.8. The molecular weight excluding hydrogens is 495 g/mol. The third kappa shape index (κ3) is 3.63. The number of amides is 2. The van der Waals surface area contributed by atoms with E-state index in [-0.39, 0.29) is 17.3 Å². The lowest BCUT2D eigenvalue weighted by Gasteiger charge is -2.39. The molecule has 4 aliphatic heterocycles. The third-order valence-electron chi connectivity index (χ3n) is 7.27. The van der Waals surface area contributed by atoms with Gasteiger partial charge < -0.3 is 9.47 Å². The van der Waals surface area contributed by atoms with Crippen LogP contribution in [0.5, 0.6) is 0 Å². The standard InChI is InChI=1S/C25H24F3N3O4S/c26-25(27,28)17-4-3-5-18(14-17)31-21(32)15-36-24(31)19-6-1-2-7-20(19)30(22(24)33)16-29-10-8-23(9-11-29)34-12-13-35-23/h1-7,14H,8-13,15-16H2/t24-/m0/s1. The molecule has 1 atom stereocenters. The van der Waals surface area contributed by atoms with Crippen LogP contribution in [0.1, 0.15) is 24.0 Å². The van der Waals surface area contributed by atoms with Crippen LogP contribution in [-0.2, 0) is 30.1 Å². The van der Waals surface area contributed by atoms with Crippen LogP contribution in [0.2, 0.25) is 0 Å². The van der Waals surface area contributed by atoms with Gasteiger partial charge in [0.15, 0.2) is 5.79 Å². The van der Waals surface area contributed by atoms with Gasteiger partial charge in [-0.05, 0) is 24.3 Å². The molecule has 6 rings (SSSR count). The van der Waals surface area contributed by atoms with Gasteiger partial charge >= 0.3 is 6.18 Å². The molecule has 0 unspecified atom stereocenters. The van der Waals surface area contributed by atoms with E-state index < -0.39 is 28.3 Å². The van der Waals surface area contributed by atoms with Crippen LogP contribution in [0.3, 0.4) is 0 Å². The highest BCUT2D eigenvalue weighted by Gasteiger charge is 2.61. The van der Waals surface area contributed by atoms with Crippen LogP contribution in [0.25, 0.3) is 0 Å². The number of fused-ring (bicyclic) bond motifs is 2. The fourth-order valence-electron chi connectivity index (χ4n) is 5.54. The van der Waals surface area contributed by atoms with Crippen molar-refractivity contribution in [2.75, 3.05) is 48.5 Å². The first-order valence-electron chi connectivity index (χ1n) is 11.8. The first-order chi connectivity index (χ1) is 17.2. The van der Waals surface area contributed by atoms with Crippen molar-refractivity contribution >= 4 is 35.0 Å². The van der Waals surface area contributed by atoms with E-state index >= 15 is 0 Å². The molecule has 0 N–H and O–H groups in total. The van der Waals surface area contributed by atoms with Crippen molar-refractivity contribution in [2.24, 2.45) is 0 Å². The smallest absolute Gasteiger partial charge is 0.347 e. The average Bonchev–Trinajstić information content (AvgIpc) is 3.53. The van der Waals surface area contributed by atoms with Gasteiger partial charge in [-0.2, -0.15) is 13.2 Å². The number of thioether (sulfide) groups is 1. The Morgan fingerprint density at radius 1 is 0.972 bits per heavy atom. The summed E-state index contributed by atoms with van der Waals surface area (Å²) < 4.78 is 52.0. The Balaban J connectivity index is 1.34. The molecule has 2 aromatic carbocycles. The largest absolute Gasteiger partial charge is 0.416 e. The topological polar surface area (TPSA) is 62.3 Å². The van der Waals surface area contributed by atoms with Crippen LogP contribution in [0, 0.1) is 0 Å². The van der Waals surface area contributed by atoms with Gasteiger partial charge in [0.1, 0.15) is 0 Å². The molecule has 0 aromatic heterocycles. The van der Waals surface area contributed by atoms with E-state index in [1.807, 2.05) is 12.1 Å². The number of halogens is 3. The first-order valence-corrected chi connectivity index (χ1v) is 12.8. The van der Waals surface area contributed by atoms with Gasteiger partial charge in [-0.1, -0.05) is 24.3 Å². The lowest BCUT2D eigenvalue weighted by Crippen LogP contribution is -2.53. The van der Waals surface area contributed by atoms with Crippen molar-refractivity contribution in [1.82, 2.24) is 4.90 Å². The number of para-hydroxylation sites is 1. The zero-order valence-corrected chi connectivity index (χ0v) is 20.1. The summed E-state index contributed by atoms with van der Waals surface area (Å²) in [5.74, 6) is -1.28. The monoisotopic (exact) mass is 519 g/mol. The summed E-state index contributed by atoms with van der Waals surface area (Å²) in [7, 11) is 0. The Bertz CT molecular complexity index is 1210. The molecule has 36 heavy (non-hydrogen) atoms. The fourth-order valence-corrected chi connectivity index (χ4v) is 6.90. The van der Waals surface area contributed by atoms with Crippen LogP contribution in [-0.4, -0.2) is 61.2 Å². The minimum Gasteiger partial charge on any atom is -0.347 e. The molecule has 0 radical (unpaired) electrons. The number of rotatable bonds is 3. The quantitative estimate of drug-likeness (QED) is 0.615. The number of benzene rings is 2. The molecule has 4 aliphatic rings. The summed E-state index contributed by atoms with van der Waals surface area (Å²) in [4.78, 5) is 30.8.